The van der Waals surface area contributed by atoms with Gasteiger partial charge in [0.1, 0.15) is 5.82 Å². The smallest absolute Gasteiger partial charge is 0.127 e. The summed E-state index contributed by atoms with van der Waals surface area (Å²) in [4.78, 5) is 6.40. The highest BCUT2D eigenvalue weighted by molar-refractivity contribution is 5.54. The molecular formula is C12H19N3O. The van der Waals surface area contributed by atoms with Crippen LogP contribution < -0.4 is 10.2 Å². The number of hydrogen-bond donors (Lipinski definition) is 2. The van der Waals surface area contributed by atoms with Crippen LogP contribution in [-0.2, 0) is 0 Å². The lowest BCUT2D eigenvalue weighted by Crippen LogP contribution is -2.42. The number of aliphatic hydroxyl groups excluding tert-OH is 1. The lowest BCUT2D eigenvalue weighted by molar-refractivity contribution is 0.103. The Balaban J connectivity index is 2.12. The minimum absolute atomic E-state index is 0.222. The molecule has 0 bridgehead atoms. The second kappa shape index (κ2) is 4.70. The normalized spacial score (nSPS) is 25.6. The molecule has 16 heavy (non-hydrogen) atoms. The van der Waals surface area contributed by atoms with Crippen LogP contribution in [0.3, 0.4) is 0 Å². The zero-order valence-electron chi connectivity index (χ0n) is 9.85. The SMILES string of the molecule is CNc1cc(N2CCC(C)C(O)C2)ccn1. The Morgan fingerprint density at radius 3 is 3.06 bits per heavy atom. The van der Waals surface area contributed by atoms with Crippen molar-refractivity contribution in [1.82, 2.24) is 4.98 Å². The van der Waals surface area contributed by atoms with Gasteiger partial charge in [-0.1, -0.05) is 6.92 Å². The summed E-state index contributed by atoms with van der Waals surface area (Å²) in [5, 5.41) is 12.9. The molecular weight excluding hydrogens is 202 g/mol. The Bertz CT molecular complexity index is 356. The van der Waals surface area contributed by atoms with Gasteiger partial charge in [0, 0.05) is 38.1 Å². The standard InChI is InChI=1S/C12H19N3O/c1-9-4-6-15(8-11(9)16)10-3-5-14-12(7-10)13-2/h3,5,7,9,11,16H,4,6,8H2,1-2H3,(H,13,14). The molecule has 2 atom stereocenters. The van der Waals surface area contributed by atoms with Crippen molar-refractivity contribution >= 4 is 11.5 Å². The van der Waals surface area contributed by atoms with Gasteiger partial charge in [-0.25, -0.2) is 4.98 Å². The first-order chi connectivity index (χ1) is 7.70. The molecule has 0 aliphatic carbocycles. The van der Waals surface area contributed by atoms with E-state index >= 15 is 0 Å². The second-order valence-corrected chi connectivity index (χ2v) is 4.43. The molecule has 1 saturated heterocycles. The van der Waals surface area contributed by atoms with Crippen molar-refractivity contribution in [2.24, 2.45) is 5.92 Å². The molecule has 1 fully saturated rings. The zero-order valence-corrected chi connectivity index (χ0v) is 9.85. The third-order valence-corrected chi connectivity index (χ3v) is 3.28. The number of nitrogens with zero attached hydrogens (tertiary/aromatic N) is 2. The third-order valence-electron chi connectivity index (χ3n) is 3.28. The molecule has 88 valence electrons. The Labute approximate surface area is 96.3 Å². The van der Waals surface area contributed by atoms with Crippen LogP contribution in [0.4, 0.5) is 11.5 Å². The minimum Gasteiger partial charge on any atom is -0.391 e. The number of nitrogens with one attached hydrogen (secondary N) is 1. The van der Waals surface area contributed by atoms with Gasteiger partial charge in [0.25, 0.3) is 0 Å². The quantitative estimate of drug-likeness (QED) is 0.791. The lowest BCUT2D eigenvalue weighted by Gasteiger charge is -2.35. The second-order valence-electron chi connectivity index (χ2n) is 4.43. The van der Waals surface area contributed by atoms with Crippen LogP contribution in [0, 0.1) is 5.92 Å². The van der Waals surface area contributed by atoms with Crippen LogP contribution >= 0.6 is 0 Å². The van der Waals surface area contributed by atoms with E-state index in [1.54, 1.807) is 6.20 Å². The molecule has 0 saturated carbocycles. The number of pyridine rings is 1. The third kappa shape index (κ3) is 2.27. The molecule has 1 aliphatic heterocycles. The molecule has 2 N–H and O–H groups in total. The molecule has 2 heterocycles. The minimum atomic E-state index is -0.222. The maximum absolute atomic E-state index is 9.86. The van der Waals surface area contributed by atoms with Gasteiger partial charge in [0.05, 0.1) is 6.10 Å². The summed E-state index contributed by atoms with van der Waals surface area (Å²) < 4.78 is 0. The molecule has 0 aromatic carbocycles. The summed E-state index contributed by atoms with van der Waals surface area (Å²) in [6, 6.07) is 4.01. The molecule has 0 radical (unpaired) electrons. The van der Waals surface area contributed by atoms with E-state index in [-0.39, 0.29) is 6.10 Å². The van der Waals surface area contributed by atoms with Crippen molar-refractivity contribution in [2.75, 3.05) is 30.4 Å². The molecule has 2 unspecified atom stereocenters. The maximum Gasteiger partial charge on any atom is 0.127 e. The predicted molar refractivity (Wildman–Crippen MR) is 65.8 cm³/mol. The van der Waals surface area contributed by atoms with Crippen molar-refractivity contribution in [3.05, 3.63) is 18.3 Å². The Kier molecular flexibility index (Phi) is 3.29. The van der Waals surface area contributed by atoms with E-state index < -0.39 is 0 Å². The molecule has 4 heteroatoms. The number of β-amino-alcohol motifs (C(OH)–C–C–N with tert-alkyl or cyclic N) is 1. The number of anilines is 2. The fourth-order valence-corrected chi connectivity index (χ4v) is 2.04. The highest BCUT2D eigenvalue weighted by Crippen LogP contribution is 2.24. The summed E-state index contributed by atoms with van der Waals surface area (Å²) in [7, 11) is 1.86. The fraction of sp³-hybridized carbons (Fsp3) is 0.583. The van der Waals surface area contributed by atoms with E-state index in [2.05, 4.69) is 22.1 Å². The first kappa shape index (κ1) is 11.2. The van der Waals surface area contributed by atoms with E-state index in [1.165, 1.54) is 0 Å². The van der Waals surface area contributed by atoms with Crippen LogP contribution in [-0.4, -0.2) is 36.3 Å². The van der Waals surface area contributed by atoms with Gasteiger partial charge in [-0.05, 0) is 18.4 Å². The summed E-state index contributed by atoms with van der Waals surface area (Å²) >= 11 is 0. The topological polar surface area (TPSA) is 48.4 Å². The predicted octanol–water partition coefficient (Wildman–Crippen LogP) is 1.33. The number of hydrogen-bond acceptors (Lipinski definition) is 4. The van der Waals surface area contributed by atoms with Crippen molar-refractivity contribution in [3.8, 4) is 0 Å². The molecule has 4 nitrogen and oxygen atoms in total. The number of aliphatic hydroxyl groups is 1. The number of piperidine rings is 1. The van der Waals surface area contributed by atoms with Gasteiger partial charge in [-0.15, -0.1) is 0 Å². The average molecular weight is 221 g/mol. The fourth-order valence-electron chi connectivity index (χ4n) is 2.04. The van der Waals surface area contributed by atoms with Gasteiger partial charge >= 0.3 is 0 Å². The van der Waals surface area contributed by atoms with Gasteiger partial charge in [0.15, 0.2) is 0 Å². The van der Waals surface area contributed by atoms with E-state index in [0.29, 0.717) is 12.5 Å². The van der Waals surface area contributed by atoms with Crippen molar-refractivity contribution in [2.45, 2.75) is 19.4 Å². The van der Waals surface area contributed by atoms with Crippen molar-refractivity contribution in [1.29, 1.82) is 0 Å². The highest BCUT2D eigenvalue weighted by Gasteiger charge is 2.24. The summed E-state index contributed by atoms with van der Waals surface area (Å²) in [5.41, 5.74) is 1.13. The van der Waals surface area contributed by atoms with Crippen LogP contribution in [0.1, 0.15) is 13.3 Å². The zero-order chi connectivity index (χ0) is 11.5. The molecule has 1 aromatic rings. The molecule has 1 aromatic heterocycles. The van der Waals surface area contributed by atoms with E-state index in [4.69, 9.17) is 0 Å². The van der Waals surface area contributed by atoms with Crippen LogP contribution in [0.15, 0.2) is 18.3 Å². The largest absolute Gasteiger partial charge is 0.391 e. The first-order valence-corrected chi connectivity index (χ1v) is 5.77. The Hall–Kier alpha value is -1.29. The maximum atomic E-state index is 9.86. The molecule has 2 rings (SSSR count). The van der Waals surface area contributed by atoms with E-state index in [1.807, 2.05) is 19.2 Å². The molecule has 0 amide bonds. The summed E-state index contributed by atoms with van der Waals surface area (Å²) in [6.45, 7) is 3.83. The monoisotopic (exact) mass is 221 g/mol. The van der Waals surface area contributed by atoms with E-state index in [0.717, 1.165) is 24.5 Å². The van der Waals surface area contributed by atoms with Crippen molar-refractivity contribution < 1.29 is 5.11 Å². The van der Waals surface area contributed by atoms with E-state index in [9.17, 15) is 5.11 Å². The van der Waals surface area contributed by atoms with Crippen LogP contribution in [0.5, 0.6) is 0 Å². The van der Waals surface area contributed by atoms with Crippen LogP contribution in [0.2, 0.25) is 0 Å². The van der Waals surface area contributed by atoms with Gasteiger partial charge in [0.2, 0.25) is 0 Å². The van der Waals surface area contributed by atoms with Crippen LogP contribution in [0.25, 0.3) is 0 Å². The Morgan fingerprint density at radius 1 is 1.56 bits per heavy atom. The Morgan fingerprint density at radius 2 is 2.38 bits per heavy atom. The summed E-state index contributed by atoms with van der Waals surface area (Å²) in [6.07, 6.45) is 2.61. The lowest BCUT2D eigenvalue weighted by atomic mass is 9.96. The van der Waals surface area contributed by atoms with Gasteiger partial charge in [-0.2, -0.15) is 0 Å². The number of rotatable bonds is 2. The number of aromatic nitrogens is 1. The highest BCUT2D eigenvalue weighted by atomic mass is 16.3. The summed E-state index contributed by atoms with van der Waals surface area (Å²) in [5.74, 6) is 1.27. The van der Waals surface area contributed by atoms with Gasteiger partial charge in [-0.3, -0.25) is 0 Å². The van der Waals surface area contributed by atoms with Crippen molar-refractivity contribution in [3.63, 3.8) is 0 Å². The molecule has 0 spiro atoms. The first-order valence-electron chi connectivity index (χ1n) is 5.77. The molecule has 1 aliphatic rings. The van der Waals surface area contributed by atoms with Gasteiger partial charge < -0.3 is 15.3 Å². The average Bonchev–Trinajstić information content (AvgIpc) is 2.33.